The molecule has 3 amide bonds. The average molecular weight is 337 g/mol. The van der Waals surface area contributed by atoms with Gasteiger partial charge in [-0.3, -0.25) is 10.1 Å². The number of carbonyl (C=O) groups excluding carboxylic acids is 2. The summed E-state index contributed by atoms with van der Waals surface area (Å²) < 4.78 is 0.669. The zero-order valence-electron chi connectivity index (χ0n) is 11.8. The number of anilines is 1. The Morgan fingerprint density at radius 1 is 1.23 bits per heavy atom. The summed E-state index contributed by atoms with van der Waals surface area (Å²) in [5.41, 5.74) is 1.15. The minimum Gasteiger partial charge on any atom is -0.356 e. The van der Waals surface area contributed by atoms with E-state index in [4.69, 9.17) is 0 Å². The minimum atomic E-state index is -0.520. The molecule has 0 radical (unpaired) electrons. The van der Waals surface area contributed by atoms with Gasteiger partial charge in [0.25, 0.3) is 0 Å². The number of thioether (sulfide) groups is 1. The van der Waals surface area contributed by atoms with Gasteiger partial charge in [0.2, 0.25) is 11.0 Å². The molecule has 1 heterocycles. The summed E-state index contributed by atoms with van der Waals surface area (Å²) >= 11 is 2.60. The predicted molar refractivity (Wildman–Crippen MR) is 87.0 cm³/mol. The Bertz CT molecular complexity index is 632. The maximum atomic E-state index is 11.5. The molecule has 0 aliphatic rings. The largest absolute Gasteiger partial charge is 0.356 e. The Morgan fingerprint density at radius 2 is 2.00 bits per heavy atom. The number of nitrogens with zero attached hydrogens (tertiary/aromatic N) is 2. The van der Waals surface area contributed by atoms with Crippen molar-refractivity contribution in [2.75, 3.05) is 18.1 Å². The lowest BCUT2D eigenvalue weighted by Gasteiger charge is -2.01. The van der Waals surface area contributed by atoms with Crippen LogP contribution in [-0.4, -0.2) is 34.9 Å². The summed E-state index contributed by atoms with van der Waals surface area (Å²) in [7, 11) is 1.45. The van der Waals surface area contributed by atoms with Gasteiger partial charge >= 0.3 is 6.03 Å². The summed E-state index contributed by atoms with van der Waals surface area (Å²) in [6.07, 6.45) is 0. The average Bonchev–Trinajstić information content (AvgIpc) is 3.00. The van der Waals surface area contributed by atoms with Crippen LogP contribution in [0.25, 0.3) is 0 Å². The molecule has 2 aromatic rings. The van der Waals surface area contributed by atoms with Crippen molar-refractivity contribution in [1.82, 2.24) is 20.8 Å². The van der Waals surface area contributed by atoms with Crippen LogP contribution in [0.1, 0.15) is 5.56 Å². The fraction of sp³-hybridized carbons (Fsp3) is 0.231. The van der Waals surface area contributed by atoms with E-state index in [-0.39, 0.29) is 11.7 Å². The highest BCUT2D eigenvalue weighted by Gasteiger charge is 2.10. The maximum Gasteiger partial charge on any atom is 0.321 e. The van der Waals surface area contributed by atoms with Gasteiger partial charge in [0.1, 0.15) is 0 Å². The lowest BCUT2D eigenvalue weighted by atomic mass is 10.2. The van der Waals surface area contributed by atoms with Crippen LogP contribution in [0.15, 0.2) is 34.7 Å². The van der Waals surface area contributed by atoms with Crippen molar-refractivity contribution in [2.24, 2.45) is 0 Å². The van der Waals surface area contributed by atoms with Crippen molar-refractivity contribution in [3.63, 3.8) is 0 Å². The molecule has 7 nitrogen and oxygen atoms in total. The Morgan fingerprint density at radius 3 is 2.73 bits per heavy atom. The Hall–Kier alpha value is -2.13. The van der Waals surface area contributed by atoms with Gasteiger partial charge in [-0.25, -0.2) is 4.79 Å². The topological polar surface area (TPSA) is 96.0 Å². The van der Waals surface area contributed by atoms with Crippen molar-refractivity contribution in [3.8, 4) is 0 Å². The number of aromatic nitrogens is 2. The Labute approximate surface area is 135 Å². The standard InChI is InChI=1S/C13H15N5O2S2/c1-14-11(20)16-10(19)8-21-13-18-17-12(22-13)15-7-9-5-3-2-4-6-9/h2-6H,7-8H2,1H3,(H,15,17)(H2,14,16,19,20). The summed E-state index contributed by atoms with van der Waals surface area (Å²) in [5, 5.41) is 16.4. The summed E-state index contributed by atoms with van der Waals surface area (Å²) in [5.74, 6) is -0.265. The van der Waals surface area contributed by atoms with Gasteiger partial charge in [0.05, 0.1) is 5.75 Å². The zero-order valence-corrected chi connectivity index (χ0v) is 13.5. The van der Waals surface area contributed by atoms with Crippen molar-refractivity contribution in [1.29, 1.82) is 0 Å². The molecule has 116 valence electrons. The molecule has 0 aliphatic carbocycles. The van der Waals surface area contributed by atoms with Crippen LogP contribution in [0.4, 0.5) is 9.93 Å². The van der Waals surface area contributed by atoms with Crippen molar-refractivity contribution in [3.05, 3.63) is 35.9 Å². The number of hydrogen-bond donors (Lipinski definition) is 3. The molecule has 0 aliphatic heterocycles. The second-order valence-corrected chi connectivity index (χ2v) is 6.33. The number of rotatable bonds is 6. The molecule has 2 rings (SSSR count). The van der Waals surface area contributed by atoms with E-state index in [0.29, 0.717) is 16.0 Å². The van der Waals surface area contributed by atoms with Crippen LogP contribution in [0, 0.1) is 0 Å². The van der Waals surface area contributed by atoms with Gasteiger partial charge in [0, 0.05) is 13.6 Å². The Kier molecular flexibility index (Phi) is 6.16. The number of nitrogens with one attached hydrogen (secondary N) is 3. The van der Waals surface area contributed by atoms with E-state index in [1.54, 1.807) is 0 Å². The third-order valence-electron chi connectivity index (χ3n) is 2.50. The summed E-state index contributed by atoms with van der Waals surface area (Å²) in [4.78, 5) is 22.4. The normalized spacial score (nSPS) is 10.0. The highest BCUT2D eigenvalue weighted by Crippen LogP contribution is 2.25. The molecule has 0 unspecified atom stereocenters. The number of urea groups is 1. The smallest absolute Gasteiger partial charge is 0.321 e. The van der Waals surface area contributed by atoms with Crippen LogP contribution < -0.4 is 16.0 Å². The molecule has 1 aromatic heterocycles. The molecule has 3 N–H and O–H groups in total. The molecule has 0 fully saturated rings. The van der Waals surface area contributed by atoms with Crippen LogP contribution >= 0.6 is 23.1 Å². The number of hydrogen-bond acceptors (Lipinski definition) is 7. The maximum absolute atomic E-state index is 11.5. The first kappa shape index (κ1) is 16.2. The van der Waals surface area contributed by atoms with Crippen molar-refractivity contribution >= 4 is 40.2 Å². The molecular formula is C13H15N5O2S2. The van der Waals surface area contributed by atoms with Gasteiger partial charge in [0.15, 0.2) is 4.34 Å². The highest BCUT2D eigenvalue weighted by molar-refractivity contribution is 8.01. The van der Waals surface area contributed by atoms with E-state index in [1.807, 2.05) is 30.3 Å². The third-order valence-corrected chi connectivity index (χ3v) is 4.51. The monoisotopic (exact) mass is 337 g/mol. The second-order valence-electron chi connectivity index (χ2n) is 4.13. The molecule has 0 atom stereocenters. The van der Waals surface area contributed by atoms with Crippen molar-refractivity contribution < 1.29 is 9.59 Å². The first-order valence-corrected chi connectivity index (χ1v) is 8.23. The van der Waals surface area contributed by atoms with Gasteiger partial charge in [-0.2, -0.15) is 0 Å². The fourth-order valence-electron chi connectivity index (χ4n) is 1.47. The molecule has 22 heavy (non-hydrogen) atoms. The van der Waals surface area contributed by atoms with E-state index >= 15 is 0 Å². The molecule has 0 saturated carbocycles. The SMILES string of the molecule is CNC(=O)NC(=O)CSc1nnc(NCc2ccccc2)s1. The molecule has 1 aromatic carbocycles. The van der Waals surface area contributed by atoms with Gasteiger partial charge < -0.3 is 10.6 Å². The number of imide groups is 1. The third kappa shape index (κ3) is 5.34. The van der Waals surface area contributed by atoms with Crippen LogP contribution in [0.3, 0.4) is 0 Å². The van der Waals surface area contributed by atoms with E-state index < -0.39 is 6.03 Å². The minimum absolute atomic E-state index is 0.112. The summed E-state index contributed by atoms with van der Waals surface area (Å²) in [6.45, 7) is 0.664. The molecule has 9 heteroatoms. The number of carbonyl (C=O) groups is 2. The van der Waals surface area contributed by atoms with Gasteiger partial charge in [-0.1, -0.05) is 53.4 Å². The zero-order chi connectivity index (χ0) is 15.8. The molecular weight excluding hydrogens is 322 g/mol. The van der Waals surface area contributed by atoms with Crippen LogP contribution in [0.5, 0.6) is 0 Å². The summed E-state index contributed by atoms with van der Waals surface area (Å²) in [6, 6.07) is 9.44. The quantitative estimate of drug-likeness (QED) is 0.694. The van der Waals surface area contributed by atoms with Gasteiger partial charge in [-0.05, 0) is 5.56 Å². The number of benzene rings is 1. The molecule has 0 spiro atoms. The van der Waals surface area contributed by atoms with Crippen LogP contribution in [0.2, 0.25) is 0 Å². The van der Waals surface area contributed by atoms with E-state index in [0.717, 1.165) is 5.56 Å². The first-order chi connectivity index (χ1) is 10.7. The van der Waals surface area contributed by atoms with E-state index in [1.165, 1.54) is 30.1 Å². The lowest BCUT2D eigenvalue weighted by Crippen LogP contribution is -2.38. The van der Waals surface area contributed by atoms with Crippen molar-refractivity contribution in [2.45, 2.75) is 10.9 Å². The molecule has 0 saturated heterocycles. The predicted octanol–water partition coefficient (Wildman–Crippen LogP) is 1.70. The highest BCUT2D eigenvalue weighted by atomic mass is 32.2. The van der Waals surface area contributed by atoms with Crippen LogP contribution in [-0.2, 0) is 11.3 Å². The Balaban J connectivity index is 1.76. The fourth-order valence-corrected chi connectivity index (χ4v) is 3.01. The van der Waals surface area contributed by atoms with E-state index in [9.17, 15) is 9.59 Å². The van der Waals surface area contributed by atoms with E-state index in [2.05, 4.69) is 26.1 Å². The number of amides is 3. The van der Waals surface area contributed by atoms with Gasteiger partial charge in [-0.15, -0.1) is 10.2 Å². The lowest BCUT2D eigenvalue weighted by molar-refractivity contribution is -0.117. The first-order valence-electron chi connectivity index (χ1n) is 6.43. The second kappa shape index (κ2) is 8.35. The molecule has 0 bridgehead atoms.